The lowest BCUT2D eigenvalue weighted by atomic mass is 10.0. The predicted octanol–water partition coefficient (Wildman–Crippen LogP) is 2.81. The maximum Gasteiger partial charge on any atom is 0.224 e. The molecule has 150 valence electrons. The van der Waals surface area contributed by atoms with Gasteiger partial charge in [0.1, 0.15) is 5.75 Å². The van der Waals surface area contributed by atoms with E-state index in [2.05, 4.69) is 31.5 Å². The molecule has 1 atom stereocenters. The van der Waals surface area contributed by atoms with Crippen molar-refractivity contribution < 1.29 is 9.53 Å². The summed E-state index contributed by atoms with van der Waals surface area (Å²) in [5.41, 5.74) is 2.97. The molecule has 0 aliphatic carbocycles. The van der Waals surface area contributed by atoms with Crippen molar-refractivity contribution in [2.24, 2.45) is 0 Å². The van der Waals surface area contributed by atoms with E-state index in [-0.39, 0.29) is 11.9 Å². The van der Waals surface area contributed by atoms with Crippen LogP contribution in [0.4, 0.5) is 5.82 Å². The summed E-state index contributed by atoms with van der Waals surface area (Å²) in [5.74, 6) is 1.70. The van der Waals surface area contributed by atoms with Crippen molar-refractivity contribution in [2.75, 3.05) is 25.1 Å². The Balaban J connectivity index is 1.36. The minimum absolute atomic E-state index is 0.0320. The highest BCUT2D eigenvalue weighted by atomic mass is 16.5. The Morgan fingerprint density at radius 3 is 2.97 bits per heavy atom. The molecule has 0 bridgehead atoms. The standard InChI is InChI=1S/C22H25N5O2/c1-29-19-6-2-4-16(12-19)13-22(28)24-18-5-3-11-27(15-18)21-14-20(25-26-21)17-7-9-23-10-8-17/h2,4,6-10,12,14,18H,3,5,11,13,15H2,1H3,(H,24,28)(H,25,26)/t18-/m1/s1. The van der Waals surface area contributed by atoms with Crippen molar-refractivity contribution in [3.63, 3.8) is 0 Å². The van der Waals surface area contributed by atoms with Crippen molar-refractivity contribution in [2.45, 2.75) is 25.3 Å². The number of carbonyl (C=O) groups is 1. The summed E-state index contributed by atoms with van der Waals surface area (Å²) in [6.45, 7) is 1.69. The Morgan fingerprint density at radius 1 is 1.28 bits per heavy atom. The van der Waals surface area contributed by atoms with Gasteiger partial charge >= 0.3 is 0 Å². The van der Waals surface area contributed by atoms with Gasteiger partial charge in [0.15, 0.2) is 5.82 Å². The van der Waals surface area contributed by atoms with Gasteiger partial charge in [-0.3, -0.25) is 14.9 Å². The average Bonchev–Trinajstić information content (AvgIpc) is 3.25. The maximum absolute atomic E-state index is 12.5. The molecule has 1 fully saturated rings. The highest BCUT2D eigenvalue weighted by Crippen LogP contribution is 2.24. The average molecular weight is 391 g/mol. The summed E-state index contributed by atoms with van der Waals surface area (Å²) in [6.07, 6.45) is 5.88. The van der Waals surface area contributed by atoms with Gasteiger partial charge in [0.05, 0.1) is 19.2 Å². The van der Waals surface area contributed by atoms with Crippen molar-refractivity contribution in [3.8, 4) is 17.0 Å². The number of carbonyl (C=O) groups excluding carboxylic acids is 1. The van der Waals surface area contributed by atoms with Gasteiger partial charge in [-0.15, -0.1) is 0 Å². The molecule has 1 aliphatic rings. The molecule has 2 aromatic heterocycles. The van der Waals surface area contributed by atoms with Crippen molar-refractivity contribution in [1.29, 1.82) is 0 Å². The van der Waals surface area contributed by atoms with E-state index in [0.717, 1.165) is 54.3 Å². The van der Waals surface area contributed by atoms with Crippen LogP contribution in [0.3, 0.4) is 0 Å². The maximum atomic E-state index is 12.5. The molecule has 1 aliphatic heterocycles. The van der Waals surface area contributed by atoms with Crippen LogP contribution < -0.4 is 15.0 Å². The van der Waals surface area contributed by atoms with Crippen LogP contribution >= 0.6 is 0 Å². The fraction of sp³-hybridized carbons (Fsp3) is 0.318. The number of ether oxygens (including phenoxy) is 1. The molecule has 29 heavy (non-hydrogen) atoms. The van der Waals surface area contributed by atoms with E-state index in [4.69, 9.17) is 4.74 Å². The number of rotatable bonds is 6. The molecule has 1 aromatic carbocycles. The zero-order chi connectivity index (χ0) is 20.1. The first-order valence-corrected chi connectivity index (χ1v) is 9.84. The number of nitrogens with zero attached hydrogens (tertiary/aromatic N) is 3. The van der Waals surface area contributed by atoms with E-state index < -0.39 is 0 Å². The van der Waals surface area contributed by atoms with Gasteiger partial charge in [0.25, 0.3) is 0 Å². The fourth-order valence-corrected chi connectivity index (χ4v) is 3.70. The van der Waals surface area contributed by atoms with Crippen LogP contribution in [0.25, 0.3) is 11.3 Å². The van der Waals surface area contributed by atoms with E-state index in [1.807, 2.05) is 36.4 Å². The van der Waals surface area contributed by atoms with Crippen LogP contribution in [0.15, 0.2) is 54.9 Å². The lowest BCUT2D eigenvalue weighted by Gasteiger charge is -2.33. The normalized spacial score (nSPS) is 16.4. The highest BCUT2D eigenvalue weighted by Gasteiger charge is 2.23. The van der Waals surface area contributed by atoms with Crippen LogP contribution in [0, 0.1) is 0 Å². The molecule has 0 spiro atoms. The largest absolute Gasteiger partial charge is 0.497 e. The molecule has 2 N–H and O–H groups in total. The second kappa shape index (κ2) is 8.77. The monoisotopic (exact) mass is 391 g/mol. The number of benzene rings is 1. The molecular formula is C22H25N5O2. The van der Waals surface area contributed by atoms with Gasteiger partial charge in [-0.05, 0) is 42.7 Å². The topological polar surface area (TPSA) is 83.1 Å². The van der Waals surface area contributed by atoms with Gasteiger partial charge in [0.2, 0.25) is 5.91 Å². The van der Waals surface area contributed by atoms with Crippen molar-refractivity contribution in [1.82, 2.24) is 20.5 Å². The third-order valence-electron chi connectivity index (χ3n) is 5.16. The van der Waals surface area contributed by atoms with Gasteiger partial charge in [0, 0.05) is 43.2 Å². The smallest absolute Gasteiger partial charge is 0.224 e. The fourth-order valence-electron chi connectivity index (χ4n) is 3.70. The summed E-state index contributed by atoms with van der Waals surface area (Å²) in [5, 5.41) is 10.7. The Hall–Kier alpha value is -3.35. The summed E-state index contributed by atoms with van der Waals surface area (Å²) >= 11 is 0. The molecule has 7 nitrogen and oxygen atoms in total. The van der Waals surface area contributed by atoms with E-state index in [1.165, 1.54) is 0 Å². The third kappa shape index (κ3) is 4.74. The molecule has 0 unspecified atom stereocenters. The van der Waals surface area contributed by atoms with E-state index >= 15 is 0 Å². The number of nitrogens with one attached hydrogen (secondary N) is 2. The van der Waals surface area contributed by atoms with Gasteiger partial charge in [-0.25, -0.2) is 0 Å². The number of aromatic amines is 1. The van der Waals surface area contributed by atoms with Crippen LogP contribution in [0.1, 0.15) is 18.4 Å². The number of hydrogen-bond donors (Lipinski definition) is 2. The van der Waals surface area contributed by atoms with Gasteiger partial charge < -0.3 is 15.0 Å². The van der Waals surface area contributed by atoms with Crippen LogP contribution in [0.2, 0.25) is 0 Å². The number of methoxy groups -OCH3 is 1. The van der Waals surface area contributed by atoms with Crippen LogP contribution in [0.5, 0.6) is 5.75 Å². The number of anilines is 1. The van der Waals surface area contributed by atoms with Crippen molar-refractivity contribution in [3.05, 3.63) is 60.4 Å². The second-order valence-corrected chi connectivity index (χ2v) is 7.26. The first kappa shape index (κ1) is 19.0. The van der Waals surface area contributed by atoms with Crippen LogP contribution in [-0.4, -0.2) is 47.3 Å². The zero-order valence-corrected chi connectivity index (χ0v) is 16.5. The SMILES string of the molecule is COc1cccc(CC(=O)N[C@@H]2CCCN(c3cc(-c4ccncc4)[nH]n3)C2)c1. The third-order valence-corrected chi connectivity index (χ3v) is 5.16. The molecule has 1 amide bonds. The lowest BCUT2D eigenvalue weighted by molar-refractivity contribution is -0.121. The summed E-state index contributed by atoms with van der Waals surface area (Å²) in [6, 6.07) is 13.7. The Labute approximate surface area is 170 Å². The Morgan fingerprint density at radius 2 is 2.14 bits per heavy atom. The first-order valence-electron chi connectivity index (χ1n) is 9.84. The van der Waals surface area contributed by atoms with E-state index in [1.54, 1.807) is 19.5 Å². The minimum atomic E-state index is 0.0320. The molecule has 4 rings (SSSR count). The predicted molar refractivity (Wildman–Crippen MR) is 112 cm³/mol. The molecular weight excluding hydrogens is 366 g/mol. The number of H-pyrrole nitrogens is 1. The number of hydrogen-bond acceptors (Lipinski definition) is 5. The molecule has 0 saturated carbocycles. The molecule has 3 aromatic rings. The summed E-state index contributed by atoms with van der Waals surface area (Å²) in [4.78, 5) is 18.8. The Kier molecular flexibility index (Phi) is 5.74. The zero-order valence-electron chi connectivity index (χ0n) is 16.5. The summed E-state index contributed by atoms with van der Waals surface area (Å²) in [7, 11) is 1.63. The summed E-state index contributed by atoms with van der Waals surface area (Å²) < 4.78 is 5.23. The van der Waals surface area contributed by atoms with E-state index in [9.17, 15) is 4.79 Å². The minimum Gasteiger partial charge on any atom is -0.497 e. The lowest BCUT2D eigenvalue weighted by Crippen LogP contribution is -2.48. The number of pyridine rings is 1. The van der Waals surface area contributed by atoms with E-state index in [0.29, 0.717) is 6.42 Å². The van der Waals surface area contributed by atoms with Gasteiger partial charge in [-0.1, -0.05) is 12.1 Å². The molecule has 7 heteroatoms. The highest BCUT2D eigenvalue weighted by molar-refractivity contribution is 5.79. The second-order valence-electron chi connectivity index (χ2n) is 7.26. The molecule has 1 saturated heterocycles. The quantitative estimate of drug-likeness (QED) is 0.675. The Bertz CT molecular complexity index is 957. The first-order chi connectivity index (χ1) is 14.2. The molecule has 0 radical (unpaired) electrons. The number of piperidine rings is 1. The van der Waals surface area contributed by atoms with Gasteiger partial charge in [-0.2, -0.15) is 5.10 Å². The number of aromatic nitrogens is 3. The molecule has 3 heterocycles. The number of amides is 1. The van der Waals surface area contributed by atoms with Crippen LogP contribution in [-0.2, 0) is 11.2 Å². The van der Waals surface area contributed by atoms with Crippen molar-refractivity contribution >= 4 is 11.7 Å².